The van der Waals surface area contributed by atoms with E-state index in [1.165, 1.54) is 30.5 Å². The van der Waals surface area contributed by atoms with Gasteiger partial charge in [0.15, 0.2) is 0 Å². The van der Waals surface area contributed by atoms with Crippen LogP contribution in [0.4, 0.5) is 0 Å². The summed E-state index contributed by atoms with van der Waals surface area (Å²) < 4.78 is 0. The van der Waals surface area contributed by atoms with Gasteiger partial charge in [0.05, 0.1) is 0 Å². The molecule has 5 heteroatoms. The second-order valence-corrected chi connectivity index (χ2v) is 7.59. The Bertz CT molecular complexity index is 597. The van der Waals surface area contributed by atoms with Crippen molar-refractivity contribution in [2.24, 2.45) is 5.92 Å². The van der Waals surface area contributed by atoms with Crippen LogP contribution in [0.1, 0.15) is 67.9 Å². The maximum absolute atomic E-state index is 12.8. The number of carbonyl (C=O) groups is 1. The van der Waals surface area contributed by atoms with E-state index in [2.05, 4.69) is 15.2 Å². The number of carbonyl (C=O) groups excluding carboxylic acids is 1. The number of amides is 1. The Hall–Kier alpha value is -1.49. The Morgan fingerprint density at radius 3 is 2.92 bits per heavy atom. The van der Waals surface area contributed by atoms with Gasteiger partial charge in [0.25, 0.3) is 0 Å². The molecular formula is C19H28N4O. The fourth-order valence-electron chi connectivity index (χ4n) is 4.44. The summed E-state index contributed by atoms with van der Waals surface area (Å²) in [6, 6.07) is 0. The number of nitrogens with one attached hydrogen (secondary N) is 1. The van der Waals surface area contributed by atoms with Gasteiger partial charge in [0.2, 0.25) is 5.91 Å². The van der Waals surface area contributed by atoms with Crippen LogP contribution in [-0.4, -0.2) is 40.4 Å². The number of hydrogen-bond donors (Lipinski definition) is 1. The van der Waals surface area contributed by atoms with Crippen LogP contribution in [0.15, 0.2) is 6.20 Å². The van der Waals surface area contributed by atoms with Gasteiger partial charge in [-0.05, 0) is 25.7 Å². The molecule has 130 valence electrons. The minimum Gasteiger partial charge on any atom is -0.342 e. The number of fused-ring (bicyclic) bond motifs is 1. The molecule has 0 aromatic carbocycles. The molecular weight excluding hydrogens is 300 g/mol. The van der Waals surface area contributed by atoms with Crippen molar-refractivity contribution in [2.75, 3.05) is 19.6 Å². The smallest absolute Gasteiger partial charge is 0.225 e. The zero-order valence-corrected chi connectivity index (χ0v) is 14.5. The van der Waals surface area contributed by atoms with E-state index in [1.807, 2.05) is 6.20 Å². The molecule has 5 nitrogen and oxygen atoms in total. The number of hydrogen-bond acceptors (Lipinski definition) is 4. The van der Waals surface area contributed by atoms with E-state index in [0.717, 1.165) is 64.1 Å². The fraction of sp³-hybridized carbons (Fsp3) is 0.737. The topological polar surface area (TPSA) is 58.1 Å². The number of piperidine rings is 1. The van der Waals surface area contributed by atoms with Crippen LogP contribution in [-0.2, 0) is 17.8 Å². The molecule has 1 atom stereocenters. The van der Waals surface area contributed by atoms with Gasteiger partial charge in [-0.1, -0.05) is 19.3 Å². The second-order valence-electron chi connectivity index (χ2n) is 7.59. The quantitative estimate of drug-likeness (QED) is 0.906. The maximum atomic E-state index is 12.8. The molecule has 2 fully saturated rings. The summed E-state index contributed by atoms with van der Waals surface area (Å²) in [5.74, 6) is 1.93. The molecule has 24 heavy (non-hydrogen) atoms. The van der Waals surface area contributed by atoms with Crippen molar-refractivity contribution in [3.05, 3.63) is 23.3 Å². The van der Waals surface area contributed by atoms with E-state index in [-0.39, 0.29) is 5.92 Å². The Morgan fingerprint density at radius 2 is 2.04 bits per heavy atom. The number of nitrogens with zero attached hydrogens (tertiary/aromatic N) is 3. The first-order chi connectivity index (χ1) is 11.8. The molecule has 0 spiro atoms. The summed E-state index contributed by atoms with van der Waals surface area (Å²) in [5.41, 5.74) is 2.44. The molecule has 1 aromatic rings. The van der Waals surface area contributed by atoms with Crippen molar-refractivity contribution in [3.63, 3.8) is 0 Å². The van der Waals surface area contributed by atoms with E-state index in [9.17, 15) is 4.79 Å². The van der Waals surface area contributed by atoms with Gasteiger partial charge in [-0.3, -0.25) is 4.79 Å². The van der Waals surface area contributed by atoms with Crippen LogP contribution in [0.2, 0.25) is 0 Å². The van der Waals surface area contributed by atoms with Crippen molar-refractivity contribution in [1.82, 2.24) is 20.2 Å². The normalized spacial score (nSPS) is 25.3. The summed E-state index contributed by atoms with van der Waals surface area (Å²) in [4.78, 5) is 24.4. The third-order valence-electron chi connectivity index (χ3n) is 5.88. The predicted octanol–water partition coefficient (Wildman–Crippen LogP) is 2.41. The largest absolute Gasteiger partial charge is 0.342 e. The number of rotatable bonds is 2. The molecule has 1 saturated carbocycles. The number of likely N-dealkylation sites (tertiary alicyclic amines) is 1. The predicted molar refractivity (Wildman–Crippen MR) is 92.6 cm³/mol. The van der Waals surface area contributed by atoms with E-state index in [1.54, 1.807) is 0 Å². The van der Waals surface area contributed by atoms with Crippen LogP contribution in [0.5, 0.6) is 0 Å². The van der Waals surface area contributed by atoms with Gasteiger partial charge in [-0.2, -0.15) is 0 Å². The molecule has 1 amide bonds. The summed E-state index contributed by atoms with van der Waals surface area (Å²) in [5, 5.41) is 3.37. The van der Waals surface area contributed by atoms with Crippen LogP contribution in [0.3, 0.4) is 0 Å². The van der Waals surface area contributed by atoms with Gasteiger partial charge < -0.3 is 10.2 Å². The lowest BCUT2D eigenvalue weighted by Crippen LogP contribution is -2.43. The molecule has 1 saturated heterocycles. The lowest BCUT2D eigenvalue weighted by atomic mass is 9.87. The number of aromatic nitrogens is 2. The second kappa shape index (κ2) is 7.18. The van der Waals surface area contributed by atoms with E-state index in [4.69, 9.17) is 4.98 Å². The Kier molecular flexibility index (Phi) is 4.79. The molecule has 1 aromatic heterocycles. The molecule has 0 bridgehead atoms. The molecule has 2 aliphatic heterocycles. The minimum atomic E-state index is 0.271. The monoisotopic (exact) mass is 328 g/mol. The van der Waals surface area contributed by atoms with Gasteiger partial charge >= 0.3 is 0 Å². The standard InChI is InChI=1S/C19H28N4O/c24-19(14-5-2-1-3-6-14)23-10-4-7-15(13-23)18-21-12-16-11-20-9-8-17(16)22-18/h12,14-15,20H,1-11,13H2. The molecule has 0 radical (unpaired) electrons. The first-order valence-corrected chi connectivity index (χ1v) is 9.65. The third kappa shape index (κ3) is 3.32. The Labute approximate surface area is 144 Å². The van der Waals surface area contributed by atoms with Gasteiger partial charge in [0.1, 0.15) is 5.82 Å². The Morgan fingerprint density at radius 1 is 1.17 bits per heavy atom. The van der Waals surface area contributed by atoms with E-state index >= 15 is 0 Å². The zero-order valence-electron chi connectivity index (χ0n) is 14.5. The van der Waals surface area contributed by atoms with Gasteiger partial charge in [0, 0.05) is 61.9 Å². The van der Waals surface area contributed by atoms with Crippen molar-refractivity contribution >= 4 is 5.91 Å². The molecule has 4 rings (SSSR count). The molecule has 1 unspecified atom stereocenters. The highest BCUT2D eigenvalue weighted by atomic mass is 16.2. The molecule has 1 N–H and O–H groups in total. The maximum Gasteiger partial charge on any atom is 0.225 e. The van der Waals surface area contributed by atoms with Crippen molar-refractivity contribution < 1.29 is 4.79 Å². The zero-order chi connectivity index (χ0) is 16.4. The van der Waals surface area contributed by atoms with Gasteiger partial charge in [-0.15, -0.1) is 0 Å². The first-order valence-electron chi connectivity index (χ1n) is 9.65. The highest BCUT2D eigenvalue weighted by Gasteiger charge is 2.31. The average molecular weight is 328 g/mol. The Balaban J connectivity index is 1.45. The SMILES string of the molecule is O=C(C1CCCCC1)N1CCCC(c2ncc3c(n2)CCNC3)C1. The third-order valence-corrected chi connectivity index (χ3v) is 5.88. The van der Waals surface area contributed by atoms with Crippen LogP contribution in [0, 0.1) is 5.92 Å². The summed E-state index contributed by atoms with van der Waals surface area (Å²) in [7, 11) is 0. The van der Waals surface area contributed by atoms with E-state index < -0.39 is 0 Å². The minimum absolute atomic E-state index is 0.271. The van der Waals surface area contributed by atoms with Gasteiger partial charge in [-0.25, -0.2) is 9.97 Å². The fourth-order valence-corrected chi connectivity index (χ4v) is 4.44. The van der Waals surface area contributed by atoms with Crippen LogP contribution in [0.25, 0.3) is 0 Å². The summed E-state index contributed by atoms with van der Waals surface area (Å²) in [6.45, 7) is 3.61. The molecule has 3 aliphatic rings. The average Bonchev–Trinajstić information content (AvgIpc) is 2.68. The summed E-state index contributed by atoms with van der Waals surface area (Å²) >= 11 is 0. The van der Waals surface area contributed by atoms with Crippen molar-refractivity contribution in [2.45, 2.75) is 63.8 Å². The summed E-state index contributed by atoms with van der Waals surface area (Å²) in [6.07, 6.45) is 11.1. The van der Waals surface area contributed by atoms with Crippen LogP contribution >= 0.6 is 0 Å². The highest BCUT2D eigenvalue weighted by Crippen LogP contribution is 2.30. The lowest BCUT2D eigenvalue weighted by molar-refractivity contribution is -0.137. The highest BCUT2D eigenvalue weighted by molar-refractivity contribution is 5.79. The molecule has 3 heterocycles. The van der Waals surface area contributed by atoms with E-state index in [0.29, 0.717) is 11.8 Å². The first kappa shape index (κ1) is 16.0. The van der Waals surface area contributed by atoms with Crippen LogP contribution < -0.4 is 5.32 Å². The van der Waals surface area contributed by atoms with Crippen molar-refractivity contribution in [1.29, 1.82) is 0 Å². The lowest BCUT2D eigenvalue weighted by Gasteiger charge is -2.35. The van der Waals surface area contributed by atoms with Crippen molar-refractivity contribution in [3.8, 4) is 0 Å². The molecule has 1 aliphatic carbocycles.